The Morgan fingerprint density at radius 2 is 1.92 bits per heavy atom. The molecule has 0 spiro atoms. The number of carbonyl (C=O) groups is 1. The van der Waals surface area contributed by atoms with Crippen molar-refractivity contribution in [3.05, 3.63) is 47.1 Å². The van der Waals surface area contributed by atoms with Crippen molar-refractivity contribution in [1.29, 1.82) is 0 Å². The number of nitrogens with zero attached hydrogens (tertiary/aromatic N) is 4. The number of rotatable bonds is 3. The average Bonchev–Trinajstić information content (AvgIpc) is 3.22. The Kier molecular flexibility index (Phi) is 4.54. The minimum Gasteiger partial charge on any atom is -0.338 e. The normalized spacial score (nSPS) is 16.3. The standard InChI is InChI=1S/C20H24N4OS/c1-14-18(19(25)23(3)16-9-11-22(2)12-10-16)26-20-21-17(13-24(14)20)15-7-5-4-6-8-15/h4-8,13,16H,9-12H2,1-3H3. The maximum Gasteiger partial charge on any atom is 0.265 e. The fraction of sp³-hybridized carbons (Fsp3) is 0.400. The Labute approximate surface area is 157 Å². The summed E-state index contributed by atoms with van der Waals surface area (Å²) in [6.07, 6.45) is 4.11. The molecule has 1 aliphatic rings. The molecule has 3 aromatic rings. The molecule has 1 aliphatic heterocycles. The van der Waals surface area contributed by atoms with Crippen LogP contribution in [0.2, 0.25) is 0 Å². The van der Waals surface area contributed by atoms with E-state index in [0.717, 1.165) is 52.7 Å². The van der Waals surface area contributed by atoms with Crippen LogP contribution in [0.1, 0.15) is 28.2 Å². The van der Waals surface area contributed by atoms with Crippen LogP contribution in [0.3, 0.4) is 0 Å². The number of hydrogen-bond acceptors (Lipinski definition) is 4. The highest BCUT2D eigenvalue weighted by Gasteiger charge is 2.27. The summed E-state index contributed by atoms with van der Waals surface area (Å²) in [5, 5.41) is 0. The highest BCUT2D eigenvalue weighted by molar-refractivity contribution is 7.19. The van der Waals surface area contributed by atoms with Gasteiger partial charge in [-0.05, 0) is 39.9 Å². The van der Waals surface area contributed by atoms with E-state index in [0.29, 0.717) is 6.04 Å². The highest BCUT2D eigenvalue weighted by atomic mass is 32.1. The van der Waals surface area contributed by atoms with Crippen molar-refractivity contribution in [2.24, 2.45) is 0 Å². The number of thiazole rings is 1. The Morgan fingerprint density at radius 3 is 2.58 bits per heavy atom. The lowest BCUT2D eigenvalue weighted by Crippen LogP contribution is -2.44. The van der Waals surface area contributed by atoms with E-state index in [-0.39, 0.29) is 5.91 Å². The van der Waals surface area contributed by atoms with Gasteiger partial charge in [-0.3, -0.25) is 9.20 Å². The van der Waals surface area contributed by atoms with E-state index in [1.165, 1.54) is 11.3 Å². The number of fused-ring (bicyclic) bond motifs is 1. The Hall–Kier alpha value is -2.18. The summed E-state index contributed by atoms with van der Waals surface area (Å²) in [5.41, 5.74) is 3.02. The predicted molar refractivity (Wildman–Crippen MR) is 106 cm³/mol. The number of carbonyl (C=O) groups excluding carboxylic acids is 1. The third kappa shape index (κ3) is 3.04. The van der Waals surface area contributed by atoms with Crippen LogP contribution in [0.25, 0.3) is 16.2 Å². The van der Waals surface area contributed by atoms with Crippen LogP contribution in [0.15, 0.2) is 36.5 Å². The molecule has 0 saturated carbocycles. The number of hydrogen-bond donors (Lipinski definition) is 0. The summed E-state index contributed by atoms with van der Waals surface area (Å²) in [6.45, 7) is 4.11. The van der Waals surface area contributed by atoms with Crippen LogP contribution >= 0.6 is 11.3 Å². The first kappa shape index (κ1) is 17.2. The second-order valence-corrected chi connectivity index (χ2v) is 8.09. The lowest BCUT2D eigenvalue weighted by atomic mass is 10.0. The second kappa shape index (κ2) is 6.85. The molecule has 0 radical (unpaired) electrons. The molecule has 0 unspecified atom stereocenters. The van der Waals surface area contributed by atoms with Gasteiger partial charge < -0.3 is 9.80 Å². The van der Waals surface area contributed by atoms with E-state index < -0.39 is 0 Å². The molecule has 5 nitrogen and oxygen atoms in total. The number of likely N-dealkylation sites (tertiary alicyclic amines) is 1. The maximum atomic E-state index is 13.1. The first-order valence-electron chi connectivity index (χ1n) is 9.04. The number of piperidine rings is 1. The zero-order chi connectivity index (χ0) is 18.3. The first-order valence-corrected chi connectivity index (χ1v) is 9.86. The van der Waals surface area contributed by atoms with Gasteiger partial charge in [0.2, 0.25) is 0 Å². The van der Waals surface area contributed by atoms with E-state index in [2.05, 4.69) is 24.1 Å². The van der Waals surface area contributed by atoms with Gasteiger partial charge >= 0.3 is 0 Å². The van der Waals surface area contributed by atoms with Crippen molar-refractivity contribution in [2.75, 3.05) is 27.2 Å². The molecule has 0 atom stereocenters. The number of imidazole rings is 1. The molecule has 0 bridgehead atoms. The molecule has 1 amide bonds. The Morgan fingerprint density at radius 1 is 1.23 bits per heavy atom. The summed E-state index contributed by atoms with van der Waals surface area (Å²) in [4.78, 5) is 23.7. The zero-order valence-corrected chi connectivity index (χ0v) is 16.3. The maximum absolute atomic E-state index is 13.1. The summed E-state index contributed by atoms with van der Waals surface area (Å²) in [7, 11) is 4.08. The van der Waals surface area contributed by atoms with Gasteiger partial charge in [0.15, 0.2) is 4.96 Å². The van der Waals surface area contributed by atoms with Crippen molar-refractivity contribution in [3.8, 4) is 11.3 Å². The second-order valence-electron chi connectivity index (χ2n) is 7.11. The van der Waals surface area contributed by atoms with Gasteiger partial charge in [-0.2, -0.15) is 0 Å². The molecular formula is C20H24N4OS. The van der Waals surface area contributed by atoms with Gasteiger partial charge in [-0.15, -0.1) is 0 Å². The Balaban J connectivity index is 1.60. The molecule has 136 valence electrons. The third-order valence-corrected chi connectivity index (χ3v) is 6.52. The first-order chi connectivity index (χ1) is 12.5. The van der Waals surface area contributed by atoms with Crippen LogP contribution in [0, 0.1) is 6.92 Å². The minimum absolute atomic E-state index is 0.119. The van der Waals surface area contributed by atoms with E-state index in [1.807, 2.05) is 47.7 Å². The van der Waals surface area contributed by atoms with Gasteiger partial charge in [-0.1, -0.05) is 41.7 Å². The molecule has 2 aromatic heterocycles. The molecule has 1 aromatic carbocycles. The number of aromatic nitrogens is 2. The van der Waals surface area contributed by atoms with Gasteiger partial charge in [0, 0.05) is 30.5 Å². The van der Waals surface area contributed by atoms with E-state index >= 15 is 0 Å². The van der Waals surface area contributed by atoms with Gasteiger partial charge in [0.25, 0.3) is 5.91 Å². The summed E-state index contributed by atoms with van der Waals surface area (Å²) in [6, 6.07) is 10.5. The smallest absolute Gasteiger partial charge is 0.265 e. The van der Waals surface area contributed by atoms with Crippen molar-refractivity contribution >= 4 is 22.2 Å². The van der Waals surface area contributed by atoms with E-state index in [9.17, 15) is 4.79 Å². The average molecular weight is 369 g/mol. The van der Waals surface area contributed by atoms with Crippen molar-refractivity contribution in [2.45, 2.75) is 25.8 Å². The monoisotopic (exact) mass is 368 g/mol. The van der Waals surface area contributed by atoms with Gasteiger partial charge in [0.05, 0.1) is 5.69 Å². The number of amides is 1. The largest absolute Gasteiger partial charge is 0.338 e. The van der Waals surface area contributed by atoms with Gasteiger partial charge in [-0.25, -0.2) is 4.98 Å². The van der Waals surface area contributed by atoms with E-state index in [1.54, 1.807) is 0 Å². The fourth-order valence-electron chi connectivity index (χ4n) is 3.60. The van der Waals surface area contributed by atoms with E-state index in [4.69, 9.17) is 4.98 Å². The molecule has 0 N–H and O–H groups in total. The molecule has 1 fully saturated rings. The summed E-state index contributed by atoms with van der Waals surface area (Å²) in [5.74, 6) is 0.119. The molecule has 4 rings (SSSR count). The number of benzene rings is 1. The molecular weight excluding hydrogens is 344 g/mol. The minimum atomic E-state index is 0.119. The molecule has 0 aliphatic carbocycles. The summed E-state index contributed by atoms with van der Waals surface area (Å²) >= 11 is 1.49. The van der Waals surface area contributed by atoms with Crippen LogP contribution in [-0.4, -0.2) is 58.3 Å². The quantitative estimate of drug-likeness (QED) is 0.710. The summed E-state index contributed by atoms with van der Waals surface area (Å²) < 4.78 is 2.04. The van der Waals surface area contributed by atoms with Crippen LogP contribution < -0.4 is 0 Å². The topological polar surface area (TPSA) is 40.9 Å². The predicted octanol–water partition coefficient (Wildman–Crippen LogP) is 3.54. The lowest BCUT2D eigenvalue weighted by Gasteiger charge is -2.35. The van der Waals surface area contributed by atoms with Crippen molar-refractivity contribution in [1.82, 2.24) is 19.2 Å². The number of aryl methyl sites for hydroxylation is 1. The highest BCUT2D eigenvalue weighted by Crippen LogP contribution is 2.29. The molecule has 1 saturated heterocycles. The van der Waals surface area contributed by atoms with Crippen LogP contribution in [0.5, 0.6) is 0 Å². The molecule has 26 heavy (non-hydrogen) atoms. The molecule has 3 heterocycles. The van der Waals surface area contributed by atoms with Crippen LogP contribution in [-0.2, 0) is 0 Å². The van der Waals surface area contributed by atoms with Crippen molar-refractivity contribution < 1.29 is 4.79 Å². The SMILES string of the molecule is Cc1c(C(=O)N(C)C2CCN(C)CC2)sc2nc(-c3ccccc3)cn12. The Bertz CT molecular complexity index is 922. The third-order valence-electron chi connectivity index (χ3n) is 5.38. The molecule has 6 heteroatoms. The lowest BCUT2D eigenvalue weighted by molar-refractivity contribution is 0.0663. The fourth-order valence-corrected chi connectivity index (χ4v) is 4.70. The van der Waals surface area contributed by atoms with Crippen LogP contribution in [0.4, 0.5) is 0 Å². The van der Waals surface area contributed by atoms with Gasteiger partial charge in [0.1, 0.15) is 4.88 Å². The zero-order valence-electron chi connectivity index (χ0n) is 15.5. The van der Waals surface area contributed by atoms with Crippen molar-refractivity contribution in [3.63, 3.8) is 0 Å².